The lowest BCUT2D eigenvalue weighted by molar-refractivity contribution is 0.321. The molecular formula is C10H14FN3OS. The molecule has 0 saturated heterocycles. The average Bonchev–Trinajstić information content (AvgIpc) is 2.27. The lowest BCUT2D eigenvalue weighted by atomic mass is 10.3. The van der Waals surface area contributed by atoms with Crippen LogP contribution in [0.1, 0.15) is 0 Å². The van der Waals surface area contributed by atoms with Crippen molar-refractivity contribution >= 4 is 17.3 Å². The van der Waals surface area contributed by atoms with E-state index < -0.39 is 0 Å². The van der Waals surface area contributed by atoms with E-state index in [0.717, 1.165) is 0 Å². The number of thiocarbonyl (C=S) groups is 1. The Balaban J connectivity index is 2.16. The molecular weight excluding hydrogens is 229 g/mol. The summed E-state index contributed by atoms with van der Waals surface area (Å²) < 4.78 is 17.9. The first-order chi connectivity index (χ1) is 7.72. The molecule has 4 nitrogen and oxygen atoms in total. The predicted octanol–water partition coefficient (Wildman–Crippen LogP) is 0.803. The SMILES string of the molecule is CNNC(=S)NCCOc1ccc(F)cc1. The lowest BCUT2D eigenvalue weighted by Crippen LogP contribution is -2.43. The smallest absolute Gasteiger partial charge is 0.180 e. The molecule has 3 N–H and O–H groups in total. The molecule has 0 aromatic heterocycles. The topological polar surface area (TPSA) is 45.3 Å². The van der Waals surface area contributed by atoms with Gasteiger partial charge in [0.15, 0.2) is 5.11 Å². The number of hydrogen-bond acceptors (Lipinski definition) is 3. The second-order valence-electron chi connectivity index (χ2n) is 2.93. The summed E-state index contributed by atoms with van der Waals surface area (Å²) in [6, 6.07) is 5.88. The summed E-state index contributed by atoms with van der Waals surface area (Å²) in [5, 5.41) is 3.43. The Morgan fingerprint density at radius 3 is 2.69 bits per heavy atom. The quantitative estimate of drug-likeness (QED) is 0.406. The van der Waals surface area contributed by atoms with E-state index in [9.17, 15) is 4.39 Å². The van der Waals surface area contributed by atoms with Crippen molar-refractivity contribution in [3.05, 3.63) is 30.1 Å². The maximum atomic E-state index is 12.6. The van der Waals surface area contributed by atoms with Crippen molar-refractivity contribution in [2.24, 2.45) is 0 Å². The Kier molecular flexibility index (Phi) is 5.52. The molecule has 0 atom stereocenters. The highest BCUT2D eigenvalue weighted by atomic mass is 32.1. The molecule has 1 rings (SSSR count). The van der Waals surface area contributed by atoms with Crippen LogP contribution < -0.4 is 20.9 Å². The van der Waals surface area contributed by atoms with Gasteiger partial charge < -0.3 is 10.1 Å². The molecule has 0 aliphatic carbocycles. The summed E-state index contributed by atoms with van der Waals surface area (Å²) in [5.41, 5.74) is 5.41. The predicted molar refractivity (Wildman–Crippen MR) is 64.7 cm³/mol. The van der Waals surface area contributed by atoms with Crippen LogP contribution in [0.4, 0.5) is 4.39 Å². The fraction of sp³-hybridized carbons (Fsp3) is 0.300. The number of rotatable bonds is 5. The van der Waals surface area contributed by atoms with Crippen molar-refractivity contribution in [3.8, 4) is 5.75 Å². The summed E-state index contributed by atoms with van der Waals surface area (Å²) in [4.78, 5) is 0. The zero-order valence-corrected chi connectivity index (χ0v) is 9.73. The first-order valence-electron chi connectivity index (χ1n) is 4.81. The number of benzene rings is 1. The Bertz CT molecular complexity index is 331. The van der Waals surface area contributed by atoms with E-state index in [4.69, 9.17) is 17.0 Å². The van der Waals surface area contributed by atoms with Crippen molar-refractivity contribution in [2.45, 2.75) is 0 Å². The minimum absolute atomic E-state index is 0.273. The van der Waals surface area contributed by atoms with Crippen LogP contribution in [-0.2, 0) is 0 Å². The largest absolute Gasteiger partial charge is 0.492 e. The molecule has 1 aromatic carbocycles. The molecule has 0 aliphatic rings. The minimum atomic E-state index is -0.273. The Hall–Kier alpha value is -1.40. The van der Waals surface area contributed by atoms with Crippen LogP contribution in [0.15, 0.2) is 24.3 Å². The lowest BCUT2D eigenvalue weighted by Gasteiger charge is -2.10. The molecule has 0 unspecified atom stereocenters. The van der Waals surface area contributed by atoms with Gasteiger partial charge in [-0.25, -0.2) is 9.82 Å². The fourth-order valence-electron chi connectivity index (χ4n) is 1.02. The molecule has 0 amide bonds. The van der Waals surface area contributed by atoms with Crippen molar-refractivity contribution in [3.63, 3.8) is 0 Å². The van der Waals surface area contributed by atoms with Gasteiger partial charge in [-0.3, -0.25) is 5.43 Å². The maximum Gasteiger partial charge on any atom is 0.180 e. The van der Waals surface area contributed by atoms with Gasteiger partial charge in [0.25, 0.3) is 0 Å². The molecule has 0 bridgehead atoms. The van der Waals surface area contributed by atoms with Crippen molar-refractivity contribution in [1.82, 2.24) is 16.2 Å². The third kappa shape index (κ3) is 4.90. The second-order valence-corrected chi connectivity index (χ2v) is 3.34. The van der Waals surface area contributed by atoms with Crippen LogP contribution in [0.25, 0.3) is 0 Å². The van der Waals surface area contributed by atoms with E-state index in [1.54, 1.807) is 19.2 Å². The molecule has 0 heterocycles. The highest BCUT2D eigenvalue weighted by molar-refractivity contribution is 7.80. The van der Waals surface area contributed by atoms with Crippen LogP contribution in [0.2, 0.25) is 0 Å². The second kappa shape index (κ2) is 6.97. The van der Waals surface area contributed by atoms with Gasteiger partial charge >= 0.3 is 0 Å². The van der Waals surface area contributed by atoms with E-state index in [1.807, 2.05) is 0 Å². The number of nitrogens with one attached hydrogen (secondary N) is 3. The van der Waals surface area contributed by atoms with Crippen LogP contribution in [0, 0.1) is 5.82 Å². The number of hydrazine groups is 1. The summed E-state index contributed by atoms with van der Waals surface area (Å²) in [5.74, 6) is 0.362. The zero-order chi connectivity index (χ0) is 11.8. The standard InChI is InChI=1S/C10H14FN3OS/c1-12-14-10(16)13-6-7-15-9-4-2-8(11)3-5-9/h2-5,12H,6-7H2,1H3,(H2,13,14,16). The Morgan fingerprint density at radius 1 is 1.38 bits per heavy atom. The van der Waals surface area contributed by atoms with E-state index >= 15 is 0 Å². The van der Waals surface area contributed by atoms with Crippen molar-refractivity contribution < 1.29 is 9.13 Å². The Morgan fingerprint density at radius 2 is 2.06 bits per heavy atom. The van der Waals surface area contributed by atoms with Gasteiger partial charge in [-0.15, -0.1) is 0 Å². The van der Waals surface area contributed by atoms with E-state index in [0.29, 0.717) is 24.0 Å². The van der Waals surface area contributed by atoms with Crippen LogP contribution in [0.3, 0.4) is 0 Å². The molecule has 0 aliphatic heterocycles. The first-order valence-corrected chi connectivity index (χ1v) is 5.22. The van der Waals surface area contributed by atoms with Crippen LogP contribution in [0.5, 0.6) is 5.75 Å². The normalized spacial score (nSPS) is 9.62. The molecule has 0 spiro atoms. The van der Waals surface area contributed by atoms with Crippen molar-refractivity contribution in [2.75, 3.05) is 20.2 Å². The third-order valence-corrected chi connectivity index (χ3v) is 1.95. The summed E-state index contributed by atoms with van der Waals surface area (Å²) in [6.45, 7) is 1.03. The zero-order valence-electron chi connectivity index (χ0n) is 8.92. The Labute approximate surface area is 99.1 Å². The van der Waals surface area contributed by atoms with Gasteiger partial charge in [0, 0.05) is 7.05 Å². The van der Waals surface area contributed by atoms with E-state index in [1.165, 1.54) is 12.1 Å². The molecule has 16 heavy (non-hydrogen) atoms. The third-order valence-electron chi connectivity index (χ3n) is 1.71. The van der Waals surface area contributed by atoms with Gasteiger partial charge in [0.05, 0.1) is 6.54 Å². The molecule has 6 heteroatoms. The summed E-state index contributed by atoms with van der Waals surface area (Å²) >= 11 is 4.91. The maximum absolute atomic E-state index is 12.6. The van der Waals surface area contributed by atoms with Crippen LogP contribution in [-0.4, -0.2) is 25.3 Å². The molecule has 88 valence electrons. The van der Waals surface area contributed by atoms with Gasteiger partial charge in [-0.2, -0.15) is 0 Å². The molecule has 0 fully saturated rings. The first kappa shape index (κ1) is 12.7. The van der Waals surface area contributed by atoms with Crippen molar-refractivity contribution in [1.29, 1.82) is 0 Å². The minimum Gasteiger partial charge on any atom is -0.492 e. The highest BCUT2D eigenvalue weighted by Crippen LogP contribution is 2.10. The molecule has 0 radical (unpaired) electrons. The highest BCUT2D eigenvalue weighted by Gasteiger charge is 1.95. The number of hydrogen-bond donors (Lipinski definition) is 3. The number of ether oxygens (including phenoxy) is 1. The fourth-order valence-corrected chi connectivity index (χ4v) is 1.23. The van der Waals surface area contributed by atoms with Gasteiger partial charge in [-0.05, 0) is 36.5 Å². The molecule has 0 saturated carbocycles. The monoisotopic (exact) mass is 243 g/mol. The average molecular weight is 243 g/mol. The van der Waals surface area contributed by atoms with Crippen LogP contribution >= 0.6 is 12.2 Å². The van der Waals surface area contributed by atoms with Gasteiger partial charge in [-0.1, -0.05) is 0 Å². The van der Waals surface area contributed by atoms with E-state index in [2.05, 4.69) is 16.2 Å². The summed E-state index contributed by atoms with van der Waals surface area (Å²) in [6.07, 6.45) is 0. The van der Waals surface area contributed by atoms with Gasteiger partial charge in [0.1, 0.15) is 18.2 Å². The molecule has 1 aromatic rings. The van der Waals surface area contributed by atoms with Gasteiger partial charge in [0.2, 0.25) is 0 Å². The van der Waals surface area contributed by atoms with E-state index in [-0.39, 0.29) is 5.82 Å². The number of halogens is 1. The summed E-state index contributed by atoms with van der Waals surface area (Å²) in [7, 11) is 1.73.